The highest BCUT2D eigenvalue weighted by Gasteiger charge is 2.01. The molecule has 0 unspecified atom stereocenters. The van der Waals surface area contributed by atoms with Crippen LogP contribution in [0.4, 0.5) is 0 Å². The minimum atomic E-state index is -0.739. The summed E-state index contributed by atoms with van der Waals surface area (Å²) in [7, 11) is 2.10. The van der Waals surface area contributed by atoms with Gasteiger partial charge in [-0.25, -0.2) is 0 Å². The molecule has 0 radical (unpaired) electrons. The molecule has 14 heavy (non-hydrogen) atoms. The van der Waals surface area contributed by atoms with Crippen molar-refractivity contribution < 1.29 is 9.90 Å². The van der Waals surface area contributed by atoms with Crippen LogP contribution in [0.15, 0.2) is 0 Å². The van der Waals surface area contributed by atoms with Gasteiger partial charge in [0.25, 0.3) is 0 Å². The molecule has 0 saturated carbocycles. The average molecular weight is 202 g/mol. The maximum atomic E-state index is 10.2. The van der Waals surface area contributed by atoms with Gasteiger partial charge in [-0.3, -0.25) is 4.79 Å². The predicted octanol–water partition coefficient (Wildman–Crippen LogP) is 0.781. The van der Waals surface area contributed by atoms with E-state index < -0.39 is 5.97 Å². The lowest BCUT2D eigenvalue weighted by Crippen LogP contribution is -2.30. The summed E-state index contributed by atoms with van der Waals surface area (Å²) in [5.41, 5.74) is 0. The number of carboxylic acids is 1. The molecule has 0 aliphatic carbocycles. The third-order valence-corrected chi connectivity index (χ3v) is 2.26. The van der Waals surface area contributed by atoms with Crippen molar-refractivity contribution in [3.63, 3.8) is 0 Å². The van der Waals surface area contributed by atoms with Crippen molar-refractivity contribution in [2.45, 2.75) is 32.7 Å². The molecular weight excluding hydrogens is 180 g/mol. The van der Waals surface area contributed by atoms with Crippen molar-refractivity contribution in [3.8, 4) is 0 Å². The van der Waals surface area contributed by atoms with Gasteiger partial charge in [0.15, 0.2) is 0 Å². The molecule has 0 saturated heterocycles. The highest BCUT2D eigenvalue weighted by Crippen LogP contribution is 1.93. The molecular formula is C10H22N2O2. The molecule has 0 heterocycles. The van der Waals surface area contributed by atoms with E-state index in [0.717, 1.165) is 19.5 Å². The van der Waals surface area contributed by atoms with E-state index in [1.54, 1.807) is 0 Å². The second kappa shape index (κ2) is 7.76. The summed E-state index contributed by atoms with van der Waals surface area (Å²) in [6.07, 6.45) is 1.27. The van der Waals surface area contributed by atoms with Crippen LogP contribution in [-0.2, 0) is 4.79 Å². The Kier molecular flexibility index (Phi) is 7.42. The number of carbonyl (C=O) groups is 1. The first kappa shape index (κ1) is 13.4. The average Bonchev–Trinajstić information content (AvgIpc) is 2.09. The molecule has 0 aliphatic heterocycles. The number of carboxylic acid groups (broad SMARTS) is 1. The Morgan fingerprint density at radius 2 is 2.07 bits per heavy atom. The highest BCUT2D eigenvalue weighted by atomic mass is 16.4. The summed E-state index contributed by atoms with van der Waals surface area (Å²) in [5.74, 6) is -0.739. The molecule has 4 nitrogen and oxygen atoms in total. The number of aliphatic carboxylic acids is 1. The number of hydrogen-bond acceptors (Lipinski definition) is 3. The maximum absolute atomic E-state index is 10.2. The van der Waals surface area contributed by atoms with E-state index in [-0.39, 0.29) is 6.42 Å². The van der Waals surface area contributed by atoms with Crippen LogP contribution in [0.1, 0.15) is 26.7 Å². The van der Waals surface area contributed by atoms with Gasteiger partial charge in [0.1, 0.15) is 0 Å². The normalized spacial score (nSPS) is 11.2. The minimum Gasteiger partial charge on any atom is -0.481 e. The lowest BCUT2D eigenvalue weighted by atomic mass is 10.3. The second-order valence-electron chi connectivity index (χ2n) is 3.82. The van der Waals surface area contributed by atoms with Crippen LogP contribution in [0, 0.1) is 0 Å². The monoisotopic (exact) mass is 202 g/mol. The van der Waals surface area contributed by atoms with Gasteiger partial charge in [-0.2, -0.15) is 0 Å². The number of hydrogen-bond donors (Lipinski definition) is 2. The van der Waals surface area contributed by atoms with Gasteiger partial charge in [-0.15, -0.1) is 0 Å². The Morgan fingerprint density at radius 1 is 1.43 bits per heavy atom. The topological polar surface area (TPSA) is 52.6 Å². The summed E-state index contributed by atoms with van der Waals surface area (Å²) in [6, 6.07) is 0.578. The summed E-state index contributed by atoms with van der Waals surface area (Å²) in [6.45, 7) is 6.85. The van der Waals surface area contributed by atoms with Gasteiger partial charge in [0.2, 0.25) is 0 Å². The Bertz CT molecular complexity index is 160. The van der Waals surface area contributed by atoms with E-state index in [9.17, 15) is 4.79 Å². The van der Waals surface area contributed by atoms with Crippen molar-refractivity contribution in [2.24, 2.45) is 0 Å². The minimum absolute atomic E-state index is 0.208. The van der Waals surface area contributed by atoms with Crippen molar-refractivity contribution >= 4 is 5.97 Å². The summed E-state index contributed by atoms with van der Waals surface area (Å²) in [4.78, 5) is 12.5. The van der Waals surface area contributed by atoms with Crippen LogP contribution >= 0.6 is 0 Å². The molecule has 0 fully saturated rings. The van der Waals surface area contributed by atoms with Crippen molar-refractivity contribution in [1.82, 2.24) is 10.2 Å². The van der Waals surface area contributed by atoms with Gasteiger partial charge in [0.05, 0.1) is 6.42 Å². The van der Waals surface area contributed by atoms with Crippen molar-refractivity contribution in [1.29, 1.82) is 0 Å². The lowest BCUT2D eigenvalue weighted by molar-refractivity contribution is -0.136. The van der Waals surface area contributed by atoms with Crippen molar-refractivity contribution in [3.05, 3.63) is 0 Å². The highest BCUT2D eigenvalue weighted by molar-refractivity contribution is 5.66. The fraction of sp³-hybridized carbons (Fsp3) is 0.900. The molecule has 2 N–H and O–H groups in total. The summed E-state index contributed by atoms with van der Waals surface area (Å²) < 4.78 is 0. The van der Waals surface area contributed by atoms with Gasteiger partial charge < -0.3 is 15.3 Å². The predicted molar refractivity (Wildman–Crippen MR) is 57.5 cm³/mol. The maximum Gasteiger partial charge on any atom is 0.304 e. The van der Waals surface area contributed by atoms with Gasteiger partial charge in [0, 0.05) is 12.6 Å². The van der Waals surface area contributed by atoms with Gasteiger partial charge in [-0.05, 0) is 40.4 Å². The van der Waals surface area contributed by atoms with Gasteiger partial charge >= 0.3 is 5.97 Å². The third-order valence-electron chi connectivity index (χ3n) is 2.26. The SMILES string of the molecule is CC(C)N(C)CCCNCCC(=O)O. The van der Waals surface area contributed by atoms with Crippen molar-refractivity contribution in [2.75, 3.05) is 26.7 Å². The quantitative estimate of drug-likeness (QED) is 0.571. The fourth-order valence-corrected chi connectivity index (χ4v) is 1.03. The molecule has 84 valence electrons. The van der Waals surface area contributed by atoms with Crippen LogP contribution in [0.25, 0.3) is 0 Å². The fourth-order valence-electron chi connectivity index (χ4n) is 1.03. The van der Waals surface area contributed by atoms with E-state index >= 15 is 0 Å². The lowest BCUT2D eigenvalue weighted by Gasteiger charge is -2.20. The third kappa shape index (κ3) is 8.01. The van der Waals surface area contributed by atoms with Gasteiger partial charge in [-0.1, -0.05) is 0 Å². The Hall–Kier alpha value is -0.610. The second-order valence-corrected chi connectivity index (χ2v) is 3.82. The molecule has 0 spiro atoms. The summed E-state index contributed by atoms with van der Waals surface area (Å²) >= 11 is 0. The first-order chi connectivity index (χ1) is 6.54. The molecule has 4 heteroatoms. The van der Waals surface area contributed by atoms with E-state index in [2.05, 4.69) is 31.1 Å². The Balaban J connectivity index is 3.17. The molecule has 0 aliphatic rings. The molecule has 0 amide bonds. The zero-order valence-corrected chi connectivity index (χ0v) is 9.42. The van der Waals surface area contributed by atoms with E-state index in [1.165, 1.54) is 0 Å². The molecule has 0 bridgehead atoms. The van der Waals surface area contributed by atoms with E-state index in [0.29, 0.717) is 12.6 Å². The number of nitrogens with zero attached hydrogens (tertiary/aromatic N) is 1. The zero-order valence-electron chi connectivity index (χ0n) is 9.42. The standard InChI is InChI=1S/C10H22N2O2/c1-9(2)12(3)8-4-6-11-7-5-10(13)14/h9,11H,4-8H2,1-3H3,(H,13,14). The van der Waals surface area contributed by atoms with Crippen LogP contribution < -0.4 is 5.32 Å². The molecule has 0 rings (SSSR count). The van der Waals surface area contributed by atoms with Crippen LogP contribution in [0.5, 0.6) is 0 Å². The first-order valence-electron chi connectivity index (χ1n) is 5.16. The molecule has 0 aromatic rings. The first-order valence-corrected chi connectivity index (χ1v) is 5.16. The number of rotatable bonds is 8. The zero-order chi connectivity index (χ0) is 11.0. The van der Waals surface area contributed by atoms with Crippen LogP contribution in [0.2, 0.25) is 0 Å². The summed E-state index contributed by atoms with van der Waals surface area (Å²) in [5, 5.41) is 11.5. The molecule has 0 aromatic carbocycles. The largest absolute Gasteiger partial charge is 0.481 e. The number of nitrogens with one attached hydrogen (secondary N) is 1. The Morgan fingerprint density at radius 3 is 2.57 bits per heavy atom. The Labute approximate surface area is 86.3 Å². The van der Waals surface area contributed by atoms with Crippen LogP contribution in [0.3, 0.4) is 0 Å². The van der Waals surface area contributed by atoms with Crippen LogP contribution in [-0.4, -0.2) is 48.7 Å². The smallest absolute Gasteiger partial charge is 0.304 e. The van der Waals surface area contributed by atoms with E-state index in [1.807, 2.05) is 0 Å². The van der Waals surface area contributed by atoms with E-state index in [4.69, 9.17) is 5.11 Å². The molecule has 0 aromatic heterocycles. The molecule has 0 atom stereocenters.